The molecule has 0 aliphatic heterocycles. The standard InChI is InChI=1S/C11H14O2.C8H8O2.CH3F/c1-3-6-13-11-5-4-10(8-12)9(2)7-11;1-6-4-8(10)3-2-7(6)5-9;1-2/h4-5,7-8H,3,6H2,1-2H3;2-5,10H,1H3;1H3/i;;1D. The molecule has 0 aliphatic rings. The van der Waals surface area contributed by atoms with Crippen LogP contribution < -0.4 is 4.74 Å². The van der Waals surface area contributed by atoms with Gasteiger partial charge >= 0.3 is 0 Å². The van der Waals surface area contributed by atoms with Crippen LogP contribution in [0.4, 0.5) is 4.39 Å². The number of benzene rings is 2. The number of alkyl halides is 1. The summed E-state index contributed by atoms with van der Waals surface area (Å²) >= 11 is 0. The summed E-state index contributed by atoms with van der Waals surface area (Å²) in [5, 5.41) is 8.92. The molecule has 1 N–H and O–H groups in total. The van der Waals surface area contributed by atoms with Crippen molar-refractivity contribution < 1.29 is 25.2 Å². The van der Waals surface area contributed by atoms with E-state index in [2.05, 4.69) is 6.92 Å². The Hall–Kier alpha value is -2.69. The molecule has 0 atom stereocenters. The van der Waals surface area contributed by atoms with Crippen molar-refractivity contribution in [2.45, 2.75) is 27.2 Å². The van der Waals surface area contributed by atoms with E-state index in [9.17, 15) is 14.0 Å². The van der Waals surface area contributed by atoms with E-state index in [1.54, 1.807) is 25.1 Å². The Morgan fingerprint density at radius 2 is 1.60 bits per heavy atom. The molecule has 25 heavy (non-hydrogen) atoms. The molecule has 2 aromatic carbocycles. The van der Waals surface area contributed by atoms with Crippen molar-refractivity contribution in [1.29, 1.82) is 0 Å². The number of aromatic hydroxyl groups is 1. The van der Waals surface area contributed by atoms with Gasteiger partial charge in [0.1, 0.15) is 24.1 Å². The maximum absolute atomic E-state index is 10.5. The van der Waals surface area contributed by atoms with E-state index < -0.39 is 7.15 Å². The molecule has 0 unspecified atom stereocenters. The first kappa shape index (κ1) is 20.4. The van der Waals surface area contributed by atoms with E-state index in [0.717, 1.165) is 48.0 Å². The summed E-state index contributed by atoms with van der Waals surface area (Å²) in [5.41, 5.74) is 3.11. The summed E-state index contributed by atoms with van der Waals surface area (Å²) in [7, 11) is -1.00. The smallest absolute Gasteiger partial charge is 0.150 e. The number of aryl methyl sites for hydroxylation is 2. The second-order valence-electron chi connectivity index (χ2n) is 5.14. The summed E-state index contributed by atoms with van der Waals surface area (Å²) < 4.78 is 20.9. The molecule has 2 rings (SSSR count). The number of rotatable bonds is 5. The number of halogens is 1. The Morgan fingerprint density at radius 1 is 1.08 bits per heavy atom. The molecular formula is C20H25FO4. The van der Waals surface area contributed by atoms with Crippen LogP contribution in [0.15, 0.2) is 36.4 Å². The van der Waals surface area contributed by atoms with Gasteiger partial charge < -0.3 is 9.84 Å². The van der Waals surface area contributed by atoms with E-state index in [1.807, 2.05) is 19.1 Å². The molecule has 0 aliphatic carbocycles. The molecule has 0 saturated heterocycles. The maximum Gasteiger partial charge on any atom is 0.150 e. The lowest BCUT2D eigenvalue weighted by Gasteiger charge is -2.05. The molecule has 0 spiro atoms. The minimum absolute atomic E-state index is 0.197. The van der Waals surface area contributed by atoms with Crippen molar-refractivity contribution >= 4 is 12.6 Å². The number of aldehydes is 2. The van der Waals surface area contributed by atoms with Gasteiger partial charge in [-0.2, -0.15) is 0 Å². The SMILES string of the molecule is CCCOc1ccc(C=O)c(C)c1.Cc1cc(O)ccc1C=O.[2H]CF. The average molecular weight is 349 g/mol. The van der Waals surface area contributed by atoms with Crippen molar-refractivity contribution in [1.82, 2.24) is 0 Å². The first-order valence-corrected chi connectivity index (χ1v) is 7.72. The van der Waals surface area contributed by atoms with Gasteiger partial charge in [0.25, 0.3) is 0 Å². The van der Waals surface area contributed by atoms with Crippen LogP contribution in [0.25, 0.3) is 0 Å². The Labute approximate surface area is 149 Å². The van der Waals surface area contributed by atoms with Gasteiger partial charge in [-0.05, 0) is 67.8 Å². The molecule has 0 radical (unpaired) electrons. The molecule has 0 heterocycles. The van der Waals surface area contributed by atoms with Gasteiger partial charge in [0.15, 0.2) is 0 Å². The fourth-order valence-corrected chi connectivity index (χ4v) is 1.88. The second kappa shape index (κ2) is 12.7. The number of carbonyl (C=O) groups is 2. The van der Waals surface area contributed by atoms with Crippen LogP contribution in [0, 0.1) is 13.8 Å². The van der Waals surface area contributed by atoms with Crippen LogP contribution in [0.5, 0.6) is 11.5 Å². The lowest BCUT2D eigenvalue weighted by molar-refractivity contribution is 0.111. The zero-order valence-corrected chi connectivity index (χ0v) is 14.8. The predicted molar refractivity (Wildman–Crippen MR) is 97.6 cm³/mol. The molecule has 136 valence electrons. The van der Waals surface area contributed by atoms with Crippen LogP contribution in [0.1, 0.15) is 46.6 Å². The Kier molecular flexibility index (Phi) is 10.3. The highest BCUT2D eigenvalue weighted by Gasteiger charge is 1.98. The summed E-state index contributed by atoms with van der Waals surface area (Å²) in [6, 6.07) is 10.2. The monoisotopic (exact) mass is 349 g/mol. The Balaban J connectivity index is 0.000000428. The highest BCUT2D eigenvalue weighted by molar-refractivity contribution is 5.77. The topological polar surface area (TPSA) is 63.6 Å². The average Bonchev–Trinajstić information content (AvgIpc) is 2.61. The molecule has 0 bridgehead atoms. The fourth-order valence-electron chi connectivity index (χ4n) is 1.88. The lowest BCUT2D eigenvalue weighted by atomic mass is 10.1. The van der Waals surface area contributed by atoms with Crippen LogP contribution in [0.3, 0.4) is 0 Å². The minimum Gasteiger partial charge on any atom is -0.508 e. The molecule has 0 fully saturated rings. The van der Waals surface area contributed by atoms with Crippen LogP contribution in [-0.2, 0) is 0 Å². The highest BCUT2D eigenvalue weighted by Crippen LogP contribution is 2.16. The number of phenols is 1. The lowest BCUT2D eigenvalue weighted by Crippen LogP contribution is -1.96. The number of phenolic OH excluding ortho intramolecular Hbond substituents is 1. The maximum atomic E-state index is 10.5. The van der Waals surface area contributed by atoms with Gasteiger partial charge in [-0.3, -0.25) is 14.0 Å². The van der Waals surface area contributed by atoms with Crippen LogP contribution >= 0.6 is 0 Å². The first-order chi connectivity index (χ1) is 12.4. The van der Waals surface area contributed by atoms with E-state index in [4.69, 9.17) is 11.2 Å². The van der Waals surface area contributed by atoms with Gasteiger partial charge in [0.05, 0.1) is 15.1 Å². The summed E-state index contributed by atoms with van der Waals surface area (Å²) in [5.74, 6) is 1.04. The zero-order chi connectivity index (χ0) is 19.9. The van der Waals surface area contributed by atoms with Crippen molar-refractivity contribution in [3.8, 4) is 11.5 Å². The van der Waals surface area contributed by atoms with Crippen molar-refractivity contribution in [2.75, 3.05) is 13.8 Å². The third-order valence-electron chi connectivity index (χ3n) is 3.22. The predicted octanol–water partition coefficient (Wildman–Crippen LogP) is 4.70. The molecule has 4 nitrogen and oxygen atoms in total. The van der Waals surface area contributed by atoms with E-state index in [1.165, 1.54) is 6.07 Å². The molecule has 5 heteroatoms. The highest BCUT2D eigenvalue weighted by atomic mass is 19.1. The summed E-state index contributed by atoms with van der Waals surface area (Å²) in [6.07, 6.45) is 2.63. The number of ether oxygens (including phenoxy) is 1. The van der Waals surface area contributed by atoms with E-state index in [-0.39, 0.29) is 5.75 Å². The minimum atomic E-state index is -1.00. The van der Waals surface area contributed by atoms with Crippen molar-refractivity contribution in [2.24, 2.45) is 0 Å². The van der Waals surface area contributed by atoms with Crippen molar-refractivity contribution in [3.63, 3.8) is 0 Å². The molecular weight excluding hydrogens is 323 g/mol. The molecule has 0 saturated carbocycles. The summed E-state index contributed by atoms with van der Waals surface area (Å²) in [4.78, 5) is 20.8. The van der Waals surface area contributed by atoms with Gasteiger partial charge in [0, 0.05) is 11.1 Å². The molecule has 2 aromatic rings. The van der Waals surface area contributed by atoms with Crippen molar-refractivity contribution in [3.05, 3.63) is 58.7 Å². The number of hydrogen-bond acceptors (Lipinski definition) is 4. The van der Waals surface area contributed by atoms with Gasteiger partial charge in [0.2, 0.25) is 0 Å². The van der Waals surface area contributed by atoms with Crippen LogP contribution in [-0.4, -0.2) is 31.4 Å². The Bertz CT molecular complexity index is 690. The quantitative estimate of drug-likeness (QED) is 0.795. The largest absolute Gasteiger partial charge is 0.508 e. The van der Waals surface area contributed by atoms with Gasteiger partial charge in [-0.15, -0.1) is 0 Å². The summed E-state index contributed by atoms with van der Waals surface area (Å²) in [6.45, 7) is 6.47. The second-order valence-corrected chi connectivity index (χ2v) is 5.14. The third-order valence-corrected chi connectivity index (χ3v) is 3.22. The molecule has 0 aromatic heterocycles. The third kappa shape index (κ3) is 8.11. The number of hydrogen-bond donors (Lipinski definition) is 1. The fraction of sp³-hybridized carbons (Fsp3) is 0.300. The number of carbonyl (C=O) groups excluding carboxylic acids is 2. The van der Waals surface area contributed by atoms with Gasteiger partial charge in [-0.25, -0.2) is 0 Å². The Morgan fingerprint density at radius 3 is 2.04 bits per heavy atom. The zero-order valence-electron chi connectivity index (χ0n) is 15.8. The normalized spacial score (nSPS) is 9.52. The molecule has 0 amide bonds. The van der Waals surface area contributed by atoms with E-state index >= 15 is 0 Å². The van der Waals surface area contributed by atoms with Gasteiger partial charge in [-0.1, -0.05) is 6.92 Å². The van der Waals surface area contributed by atoms with E-state index in [0.29, 0.717) is 5.56 Å². The first-order valence-electron chi connectivity index (χ1n) is 8.42. The van der Waals surface area contributed by atoms with Crippen LogP contribution in [0.2, 0.25) is 0 Å².